The normalized spacial score (nSPS) is 29.9. The number of aliphatic imine (C=N–C) groups is 1. The number of carbonyl (C=O) groups excluding carboxylic acids is 1. The van der Waals surface area contributed by atoms with Crippen LogP contribution in [0.1, 0.15) is 29.3 Å². The number of amides is 1. The van der Waals surface area contributed by atoms with Crippen LogP contribution in [0.25, 0.3) is 0 Å². The lowest BCUT2D eigenvalue weighted by atomic mass is 9.80. The Morgan fingerprint density at radius 1 is 1.38 bits per heavy atom. The van der Waals surface area contributed by atoms with E-state index in [0.717, 1.165) is 0 Å². The summed E-state index contributed by atoms with van der Waals surface area (Å²) in [4.78, 5) is 19.5. The van der Waals surface area contributed by atoms with E-state index in [-0.39, 0.29) is 36.7 Å². The molecule has 4 rings (SSSR count). The van der Waals surface area contributed by atoms with Crippen LogP contribution >= 0.6 is 11.8 Å². The van der Waals surface area contributed by atoms with Crippen LogP contribution in [0.4, 0.5) is 13.2 Å². The van der Waals surface area contributed by atoms with E-state index in [0.29, 0.717) is 36.4 Å². The van der Waals surface area contributed by atoms with Crippen LogP contribution < -0.4 is 4.74 Å². The minimum atomic E-state index is -4.68. The molecular formula is C21H25F3N2O5S. The summed E-state index contributed by atoms with van der Waals surface area (Å²) in [6, 6.07) is 4.88. The predicted molar refractivity (Wildman–Crippen MR) is 112 cm³/mol. The summed E-state index contributed by atoms with van der Waals surface area (Å²) in [5, 5.41) is 0.290. The number of thioether (sulfide) groups is 1. The van der Waals surface area contributed by atoms with Crippen molar-refractivity contribution in [2.45, 2.75) is 49.6 Å². The fourth-order valence-corrected chi connectivity index (χ4v) is 5.30. The van der Waals surface area contributed by atoms with E-state index in [1.165, 1.54) is 0 Å². The Labute approximate surface area is 188 Å². The van der Waals surface area contributed by atoms with Crippen molar-refractivity contribution >= 4 is 23.2 Å². The first-order chi connectivity index (χ1) is 15.2. The first kappa shape index (κ1) is 23.3. The highest BCUT2D eigenvalue weighted by molar-refractivity contribution is 8.12. The molecule has 176 valence electrons. The molecule has 1 aromatic rings. The molecule has 32 heavy (non-hydrogen) atoms. The zero-order valence-corrected chi connectivity index (χ0v) is 18.6. The van der Waals surface area contributed by atoms with Crippen molar-refractivity contribution in [3.05, 3.63) is 29.3 Å². The predicted octanol–water partition coefficient (Wildman–Crippen LogP) is 3.40. The minimum absolute atomic E-state index is 0.00254. The molecule has 0 radical (unpaired) electrons. The molecular weight excluding hydrogens is 449 g/mol. The highest BCUT2D eigenvalue weighted by Gasteiger charge is 2.57. The topological polar surface area (TPSA) is 69.6 Å². The molecule has 0 N–H and O–H groups in total. The van der Waals surface area contributed by atoms with Crippen LogP contribution in [0.3, 0.4) is 0 Å². The number of ether oxygens (including phenoxy) is 4. The zero-order valence-electron chi connectivity index (χ0n) is 17.8. The Kier molecular flexibility index (Phi) is 6.71. The second kappa shape index (κ2) is 9.20. The molecule has 2 saturated heterocycles. The number of piperidine rings is 1. The summed E-state index contributed by atoms with van der Waals surface area (Å²) in [5.41, 5.74) is 2.49. The average Bonchev–Trinajstić information content (AvgIpc) is 3.36. The van der Waals surface area contributed by atoms with E-state index in [2.05, 4.69) is 16.7 Å². The molecule has 0 aromatic heterocycles. The number of fused-ring (bicyclic) bond motifs is 1. The molecule has 3 heterocycles. The van der Waals surface area contributed by atoms with Crippen molar-refractivity contribution in [1.29, 1.82) is 0 Å². The summed E-state index contributed by atoms with van der Waals surface area (Å²) < 4.78 is 57.1. The van der Waals surface area contributed by atoms with Gasteiger partial charge in [-0.15, -0.1) is 24.9 Å². The van der Waals surface area contributed by atoms with Gasteiger partial charge in [-0.05, 0) is 37.1 Å². The molecule has 0 spiro atoms. The van der Waals surface area contributed by atoms with E-state index in [4.69, 9.17) is 14.2 Å². The van der Waals surface area contributed by atoms with Crippen LogP contribution in [-0.4, -0.2) is 78.8 Å². The lowest BCUT2D eigenvalue weighted by Crippen LogP contribution is -2.61. The summed E-state index contributed by atoms with van der Waals surface area (Å²) in [5.74, 6) is 0.268. The number of carbonyl (C=O) groups is 1. The van der Waals surface area contributed by atoms with Gasteiger partial charge in [-0.3, -0.25) is 14.5 Å². The monoisotopic (exact) mass is 474 g/mol. The number of benzene rings is 1. The summed E-state index contributed by atoms with van der Waals surface area (Å²) in [6.45, 7) is 4.13. The smallest absolute Gasteiger partial charge is 0.491 e. The van der Waals surface area contributed by atoms with Crippen molar-refractivity contribution in [2.24, 2.45) is 4.99 Å². The largest absolute Gasteiger partial charge is 0.522 e. The molecule has 4 atom stereocenters. The number of halogens is 3. The van der Waals surface area contributed by atoms with Gasteiger partial charge < -0.3 is 19.1 Å². The summed E-state index contributed by atoms with van der Waals surface area (Å²) in [7, 11) is 0. The van der Waals surface area contributed by atoms with E-state index in [9.17, 15) is 18.0 Å². The standard InChI is InChI=1S/C21H25F3N2O5S/c1-13-9-15(3-4-16(13)28-7-8-30-21(22,23)24)19(27)26-6-5-20(17(10-26)29-12-31-20)18-14(2)32-11-25-18/h3-4,9,11,14,17-18H,5-8,10,12H2,1-2H3/t14?,17?,18?,20-/m0/s1. The number of rotatable bonds is 6. The fourth-order valence-electron chi connectivity index (χ4n) is 4.46. The third-order valence-corrected chi connectivity index (χ3v) is 6.99. The van der Waals surface area contributed by atoms with Crippen LogP contribution in [0, 0.1) is 6.92 Å². The van der Waals surface area contributed by atoms with Crippen LogP contribution in [-0.2, 0) is 14.2 Å². The van der Waals surface area contributed by atoms with Crippen LogP contribution in [0.5, 0.6) is 5.75 Å². The Morgan fingerprint density at radius 3 is 2.88 bits per heavy atom. The number of hydrogen-bond acceptors (Lipinski definition) is 7. The van der Waals surface area contributed by atoms with Gasteiger partial charge in [0.1, 0.15) is 30.9 Å². The lowest BCUT2D eigenvalue weighted by molar-refractivity contribution is -0.325. The summed E-state index contributed by atoms with van der Waals surface area (Å²) in [6.07, 6.45) is -4.30. The van der Waals surface area contributed by atoms with E-state index in [1.54, 1.807) is 41.8 Å². The van der Waals surface area contributed by atoms with Gasteiger partial charge in [0, 0.05) is 17.4 Å². The molecule has 11 heteroatoms. The number of alkyl halides is 3. The Hall–Kier alpha value is -1.82. The summed E-state index contributed by atoms with van der Waals surface area (Å²) >= 11 is 1.67. The van der Waals surface area contributed by atoms with Crippen molar-refractivity contribution in [1.82, 2.24) is 4.90 Å². The van der Waals surface area contributed by atoms with Crippen LogP contribution in [0.2, 0.25) is 0 Å². The lowest BCUT2D eigenvalue weighted by Gasteiger charge is -2.44. The molecule has 0 aliphatic carbocycles. The van der Waals surface area contributed by atoms with Gasteiger partial charge in [0.25, 0.3) is 5.91 Å². The van der Waals surface area contributed by atoms with Gasteiger partial charge >= 0.3 is 6.36 Å². The SMILES string of the molecule is Cc1cc(C(=O)N2CC[C@]3(C4N=CSC4C)OCOC3C2)ccc1OCCOC(F)(F)F. The maximum Gasteiger partial charge on any atom is 0.522 e. The van der Waals surface area contributed by atoms with E-state index >= 15 is 0 Å². The van der Waals surface area contributed by atoms with Crippen molar-refractivity contribution in [2.75, 3.05) is 33.1 Å². The maximum atomic E-state index is 13.1. The first-order valence-electron chi connectivity index (χ1n) is 10.4. The number of hydrogen-bond donors (Lipinski definition) is 0. The molecule has 7 nitrogen and oxygen atoms in total. The van der Waals surface area contributed by atoms with E-state index in [1.807, 2.05) is 5.55 Å². The molecule has 3 aliphatic rings. The van der Waals surface area contributed by atoms with Gasteiger partial charge in [-0.25, -0.2) is 0 Å². The number of aryl methyl sites for hydroxylation is 1. The third-order valence-electron chi connectivity index (χ3n) is 6.06. The minimum Gasteiger partial charge on any atom is -0.491 e. The Morgan fingerprint density at radius 2 is 2.19 bits per heavy atom. The molecule has 2 fully saturated rings. The quantitative estimate of drug-likeness (QED) is 0.589. The molecule has 3 aliphatic heterocycles. The second-order valence-electron chi connectivity index (χ2n) is 8.04. The van der Waals surface area contributed by atoms with Crippen molar-refractivity contribution in [3.8, 4) is 5.75 Å². The van der Waals surface area contributed by atoms with E-state index < -0.39 is 18.6 Å². The highest BCUT2D eigenvalue weighted by atomic mass is 32.2. The molecule has 0 saturated carbocycles. The number of likely N-dealkylation sites (tertiary alicyclic amines) is 1. The third kappa shape index (κ3) is 4.75. The zero-order chi connectivity index (χ0) is 22.9. The Bertz CT molecular complexity index is 883. The Balaban J connectivity index is 1.38. The second-order valence-corrected chi connectivity index (χ2v) is 9.26. The van der Waals surface area contributed by atoms with Crippen LogP contribution in [0.15, 0.2) is 23.2 Å². The number of nitrogens with zero attached hydrogens (tertiary/aromatic N) is 2. The average molecular weight is 475 g/mol. The van der Waals surface area contributed by atoms with Crippen molar-refractivity contribution in [3.63, 3.8) is 0 Å². The van der Waals surface area contributed by atoms with Gasteiger partial charge in [0.15, 0.2) is 0 Å². The van der Waals surface area contributed by atoms with Gasteiger partial charge in [-0.1, -0.05) is 6.92 Å². The molecule has 0 bridgehead atoms. The van der Waals surface area contributed by atoms with Gasteiger partial charge in [0.05, 0.1) is 24.7 Å². The molecule has 1 aromatic carbocycles. The van der Waals surface area contributed by atoms with Gasteiger partial charge in [-0.2, -0.15) is 0 Å². The maximum absolute atomic E-state index is 13.1. The molecule has 1 amide bonds. The highest BCUT2D eigenvalue weighted by Crippen LogP contribution is 2.43. The molecule has 3 unspecified atom stereocenters. The van der Waals surface area contributed by atoms with Crippen molar-refractivity contribution < 1.29 is 36.9 Å². The fraction of sp³-hybridized carbons (Fsp3) is 0.619. The van der Waals surface area contributed by atoms with Gasteiger partial charge in [0.2, 0.25) is 0 Å². The first-order valence-corrected chi connectivity index (χ1v) is 11.3.